The number of rotatable bonds is 4. The topological polar surface area (TPSA) is 29.5 Å². The fourth-order valence-corrected chi connectivity index (χ4v) is 3.03. The van der Waals surface area contributed by atoms with E-state index in [1.165, 1.54) is 36.0 Å². The minimum atomic E-state index is -0.598. The minimum absolute atomic E-state index is 0.509. The van der Waals surface area contributed by atoms with E-state index in [-0.39, 0.29) is 0 Å². The molecule has 21 heavy (non-hydrogen) atoms. The van der Waals surface area contributed by atoms with E-state index in [1.807, 2.05) is 6.07 Å². The average molecular weight is 303 g/mol. The van der Waals surface area contributed by atoms with Crippen LogP contribution in [0.5, 0.6) is 5.75 Å². The van der Waals surface area contributed by atoms with Gasteiger partial charge in [0.1, 0.15) is 12.4 Å². The zero-order valence-electron chi connectivity index (χ0n) is 12.1. The lowest BCUT2D eigenvalue weighted by atomic mass is 10.1. The Morgan fingerprint density at radius 1 is 1.14 bits per heavy atom. The van der Waals surface area contributed by atoms with Crippen LogP contribution in [0.25, 0.3) is 0 Å². The molecule has 1 aliphatic carbocycles. The average Bonchev–Trinajstić information content (AvgIpc) is 2.93. The van der Waals surface area contributed by atoms with Crippen molar-refractivity contribution in [3.8, 4) is 5.75 Å². The molecule has 0 aromatic heterocycles. The monoisotopic (exact) mass is 302 g/mol. The van der Waals surface area contributed by atoms with Gasteiger partial charge in [0.05, 0.1) is 6.10 Å². The standard InChI is InChI=1S/C18H19ClO2/c1-12(20)17-10-16(19)7-8-18(17)21-11-13-5-6-14-3-2-4-15(14)9-13/h5-10,12,20H,2-4,11H2,1H3/t12-/m1/s1. The number of hydrogen-bond acceptors (Lipinski definition) is 2. The van der Waals surface area contributed by atoms with Gasteiger partial charge in [-0.3, -0.25) is 0 Å². The number of aryl methyl sites for hydroxylation is 2. The van der Waals surface area contributed by atoms with E-state index in [0.29, 0.717) is 17.4 Å². The molecule has 110 valence electrons. The van der Waals surface area contributed by atoms with E-state index >= 15 is 0 Å². The summed E-state index contributed by atoms with van der Waals surface area (Å²) in [6.07, 6.45) is 3.02. The van der Waals surface area contributed by atoms with E-state index < -0.39 is 6.10 Å². The predicted octanol–water partition coefficient (Wildman–Crippen LogP) is 4.46. The Morgan fingerprint density at radius 3 is 2.76 bits per heavy atom. The molecule has 2 aromatic carbocycles. The van der Waals surface area contributed by atoms with Gasteiger partial charge in [-0.25, -0.2) is 0 Å². The molecule has 0 aliphatic heterocycles. The van der Waals surface area contributed by atoms with Crippen LogP contribution in [0.1, 0.15) is 41.7 Å². The van der Waals surface area contributed by atoms with E-state index in [2.05, 4.69) is 18.2 Å². The van der Waals surface area contributed by atoms with Crippen molar-refractivity contribution in [2.75, 3.05) is 0 Å². The van der Waals surface area contributed by atoms with Crippen molar-refractivity contribution in [2.24, 2.45) is 0 Å². The maximum atomic E-state index is 9.81. The number of hydrogen-bond donors (Lipinski definition) is 1. The predicted molar refractivity (Wildman–Crippen MR) is 84.9 cm³/mol. The lowest BCUT2D eigenvalue weighted by Crippen LogP contribution is -2.01. The van der Waals surface area contributed by atoms with Crippen molar-refractivity contribution < 1.29 is 9.84 Å². The Morgan fingerprint density at radius 2 is 1.95 bits per heavy atom. The summed E-state index contributed by atoms with van der Waals surface area (Å²) in [5.41, 5.74) is 4.81. The molecule has 0 saturated carbocycles. The lowest BCUT2D eigenvalue weighted by molar-refractivity contribution is 0.190. The first-order valence-electron chi connectivity index (χ1n) is 7.34. The molecule has 1 aliphatic rings. The Hall–Kier alpha value is -1.51. The SMILES string of the molecule is C[C@@H](O)c1cc(Cl)ccc1OCc1ccc2c(c1)CCC2. The molecule has 1 atom stereocenters. The summed E-state index contributed by atoms with van der Waals surface area (Å²) in [5.74, 6) is 0.690. The molecule has 3 rings (SSSR count). The van der Waals surface area contributed by atoms with Gasteiger partial charge in [0.15, 0.2) is 0 Å². The zero-order valence-corrected chi connectivity index (χ0v) is 12.9. The highest BCUT2D eigenvalue weighted by atomic mass is 35.5. The summed E-state index contributed by atoms with van der Waals surface area (Å²) in [6.45, 7) is 2.22. The van der Waals surface area contributed by atoms with E-state index in [9.17, 15) is 5.11 Å². The third-order valence-corrected chi connectivity index (χ3v) is 4.21. The molecule has 3 heteroatoms. The zero-order chi connectivity index (χ0) is 14.8. The summed E-state index contributed by atoms with van der Waals surface area (Å²) in [7, 11) is 0. The van der Waals surface area contributed by atoms with E-state index in [0.717, 1.165) is 5.56 Å². The van der Waals surface area contributed by atoms with E-state index in [1.54, 1.807) is 19.1 Å². The summed E-state index contributed by atoms with van der Waals surface area (Å²) in [5, 5.41) is 10.4. The molecule has 0 fully saturated rings. The molecule has 1 N–H and O–H groups in total. The van der Waals surface area contributed by atoms with Crippen LogP contribution in [-0.4, -0.2) is 5.11 Å². The molecule has 0 spiro atoms. The van der Waals surface area contributed by atoms with Gasteiger partial charge in [-0.2, -0.15) is 0 Å². The van der Waals surface area contributed by atoms with Gasteiger partial charge in [-0.1, -0.05) is 29.8 Å². The number of halogens is 1. The first-order chi connectivity index (χ1) is 10.1. The molecule has 2 aromatic rings. The molecule has 0 radical (unpaired) electrons. The first-order valence-corrected chi connectivity index (χ1v) is 7.72. The smallest absolute Gasteiger partial charge is 0.125 e. The molecule has 0 saturated heterocycles. The third kappa shape index (κ3) is 3.22. The Balaban J connectivity index is 1.76. The van der Waals surface area contributed by atoms with Crippen LogP contribution in [0.15, 0.2) is 36.4 Å². The maximum Gasteiger partial charge on any atom is 0.125 e. The molecular weight excluding hydrogens is 284 g/mol. The Kier molecular flexibility index (Phi) is 4.18. The van der Waals surface area contributed by atoms with Crippen LogP contribution in [-0.2, 0) is 19.4 Å². The van der Waals surface area contributed by atoms with Gasteiger partial charge in [0, 0.05) is 10.6 Å². The quantitative estimate of drug-likeness (QED) is 0.903. The molecule has 0 bridgehead atoms. The fourth-order valence-electron chi connectivity index (χ4n) is 2.85. The molecule has 2 nitrogen and oxygen atoms in total. The molecule has 0 amide bonds. The normalized spacial score (nSPS) is 14.8. The number of fused-ring (bicyclic) bond motifs is 1. The van der Waals surface area contributed by atoms with E-state index in [4.69, 9.17) is 16.3 Å². The number of ether oxygens (including phenoxy) is 1. The van der Waals surface area contributed by atoms with Gasteiger partial charge in [-0.05, 0) is 61.1 Å². The highest BCUT2D eigenvalue weighted by Gasteiger charge is 2.13. The highest BCUT2D eigenvalue weighted by molar-refractivity contribution is 6.30. The van der Waals surface area contributed by atoms with Crippen LogP contribution >= 0.6 is 11.6 Å². The van der Waals surface area contributed by atoms with Crippen molar-refractivity contribution in [3.63, 3.8) is 0 Å². The van der Waals surface area contributed by atoms with Crippen LogP contribution in [0.3, 0.4) is 0 Å². The second-order valence-electron chi connectivity index (χ2n) is 5.60. The van der Waals surface area contributed by atoms with Gasteiger partial charge in [-0.15, -0.1) is 0 Å². The van der Waals surface area contributed by atoms with Crippen molar-refractivity contribution >= 4 is 11.6 Å². The lowest BCUT2D eigenvalue weighted by Gasteiger charge is -2.14. The van der Waals surface area contributed by atoms with Crippen LogP contribution in [0.2, 0.25) is 5.02 Å². The van der Waals surface area contributed by atoms with Crippen LogP contribution in [0.4, 0.5) is 0 Å². The number of benzene rings is 2. The first kappa shape index (κ1) is 14.4. The second-order valence-corrected chi connectivity index (χ2v) is 6.04. The highest BCUT2D eigenvalue weighted by Crippen LogP contribution is 2.29. The van der Waals surface area contributed by atoms with Crippen molar-refractivity contribution in [3.05, 3.63) is 63.7 Å². The summed E-state index contributed by atoms with van der Waals surface area (Å²) in [4.78, 5) is 0. The van der Waals surface area contributed by atoms with Crippen molar-refractivity contribution in [2.45, 2.75) is 38.9 Å². The summed E-state index contributed by atoms with van der Waals surface area (Å²) >= 11 is 5.98. The minimum Gasteiger partial charge on any atom is -0.489 e. The van der Waals surface area contributed by atoms with Crippen LogP contribution < -0.4 is 4.74 Å². The second kappa shape index (κ2) is 6.08. The largest absolute Gasteiger partial charge is 0.489 e. The molecular formula is C18H19ClO2. The molecule has 0 unspecified atom stereocenters. The fraction of sp³-hybridized carbons (Fsp3) is 0.333. The number of aliphatic hydroxyl groups excluding tert-OH is 1. The Bertz CT molecular complexity index is 650. The van der Waals surface area contributed by atoms with Gasteiger partial charge in [0.25, 0.3) is 0 Å². The van der Waals surface area contributed by atoms with Gasteiger partial charge in [0.2, 0.25) is 0 Å². The summed E-state index contributed by atoms with van der Waals surface area (Å²) in [6, 6.07) is 11.9. The van der Waals surface area contributed by atoms with Gasteiger partial charge >= 0.3 is 0 Å². The Labute approximate surface area is 130 Å². The number of aliphatic hydroxyl groups is 1. The van der Waals surface area contributed by atoms with Gasteiger partial charge < -0.3 is 9.84 Å². The molecule has 0 heterocycles. The van der Waals surface area contributed by atoms with Crippen molar-refractivity contribution in [1.29, 1.82) is 0 Å². The maximum absolute atomic E-state index is 9.81. The third-order valence-electron chi connectivity index (χ3n) is 3.98. The summed E-state index contributed by atoms with van der Waals surface area (Å²) < 4.78 is 5.88. The van der Waals surface area contributed by atoms with Crippen molar-refractivity contribution in [1.82, 2.24) is 0 Å². The van der Waals surface area contributed by atoms with Crippen LogP contribution in [0, 0.1) is 0 Å².